The van der Waals surface area contributed by atoms with Gasteiger partial charge in [-0.3, -0.25) is 9.20 Å². The molecule has 0 saturated carbocycles. The molecule has 0 aliphatic rings. The number of nitrogens with zero attached hydrogens (tertiary/aromatic N) is 2. The van der Waals surface area contributed by atoms with E-state index in [1.165, 1.54) is 23.5 Å². The van der Waals surface area contributed by atoms with Gasteiger partial charge in [-0.05, 0) is 36.4 Å². The highest BCUT2D eigenvalue weighted by atomic mass is 32.1. The summed E-state index contributed by atoms with van der Waals surface area (Å²) < 4.78 is 20.1. The Morgan fingerprint density at radius 3 is 2.73 bits per heavy atom. The van der Waals surface area contributed by atoms with E-state index in [0.717, 1.165) is 5.56 Å². The van der Waals surface area contributed by atoms with Crippen molar-refractivity contribution in [2.24, 2.45) is 0 Å². The summed E-state index contributed by atoms with van der Waals surface area (Å²) in [6.45, 7) is 0. The first kappa shape index (κ1) is 16.3. The van der Waals surface area contributed by atoms with Crippen LogP contribution in [0.1, 0.15) is 10.5 Å². The third-order valence-electron chi connectivity index (χ3n) is 3.94. The van der Waals surface area contributed by atoms with Gasteiger partial charge in [0.25, 0.3) is 5.91 Å². The normalized spacial score (nSPS) is 10.8. The van der Waals surface area contributed by atoms with Gasteiger partial charge < -0.3 is 10.1 Å². The molecule has 2 aromatic heterocycles. The molecule has 5 nitrogen and oxygen atoms in total. The Kier molecular flexibility index (Phi) is 4.14. The van der Waals surface area contributed by atoms with Crippen LogP contribution in [0.4, 0.5) is 10.1 Å². The predicted octanol–water partition coefficient (Wildman–Crippen LogP) is 4.46. The Balaban J connectivity index is 1.66. The SMILES string of the molecule is COc1ccccc1NC(=O)c1csc2nc(-c3ccc(F)cc3)cn12. The Morgan fingerprint density at radius 1 is 1.19 bits per heavy atom. The Bertz CT molecular complexity index is 1090. The number of fused-ring (bicyclic) bond motifs is 1. The fraction of sp³-hybridized carbons (Fsp3) is 0.0526. The van der Waals surface area contributed by atoms with Crippen molar-refractivity contribution in [1.29, 1.82) is 0 Å². The summed E-state index contributed by atoms with van der Waals surface area (Å²) in [5.74, 6) is 0.0282. The molecule has 2 aromatic carbocycles. The van der Waals surface area contributed by atoms with Crippen LogP contribution in [0.2, 0.25) is 0 Å². The number of anilines is 1. The molecule has 0 atom stereocenters. The Morgan fingerprint density at radius 2 is 1.96 bits per heavy atom. The van der Waals surface area contributed by atoms with Crippen molar-refractivity contribution in [3.63, 3.8) is 0 Å². The third kappa shape index (κ3) is 2.93. The van der Waals surface area contributed by atoms with Crippen molar-refractivity contribution in [2.45, 2.75) is 0 Å². The number of nitrogens with one attached hydrogen (secondary N) is 1. The number of hydrogen-bond acceptors (Lipinski definition) is 4. The second kappa shape index (κ2) is 6.61. The zero-order chi connectivity index (χ0) is 18.1. The van der Waals surface area contributed by atoms with Crippen molar-refractivity contribution in [3.05, 3.63) is 71.6 Å². The largest absolute Gasteiger partial charge is 0.495 e. The summed E-state index contributed by atoms with van der Waals surface area (Å²) in [5, 5.41) is 4.61. The number of imidazole rings is 1. The standard InChI is InChI=1S/C19H14FN3O2S/c1-25-17-5-3-2-4-14(17)21-18(24)16-11-26-19-22-15(10-23(16)19)12-6-8-13(20)9-7-12/h2-11H,1H3,(H,21,24). The highest BCUT2D eigenvalue weighted by molar-refractivity contribution is 7.15. The molecule has 7 heteroatoms. The molecule has 4 aromatic rings. The van der Waals surface area contributed by atoms with Crippen LogP contribution in [0, 0.1) is 5.82 Å². The second-order valence-electron chi connectivity index (χ2n) is 5.56. The first-order chi connectivity index (χ1) is 12.7. The molecular weight excluding hydrogens is 353 g/mol. The number of benzene rings is 2. The number of amides is 1. The Labute approximate surface area is 152 Å². The zero-order valence-corrected chi connectivity index (χ0v) is 14.6. The van der Waals surface area contributed by atoms with Gasteiger partial charge in [0.05, 0.1) is 18.5 Å². The van der Waals surface area contributed by atoms with Crippen LogP contribution in [0.25, 0.3) is 16.2 Å². The summed E-state index contributed by atoms with van der Waals surface area (Å²) in [5.41, 5.74) is 2.54. The minimum atomic E-state index is -0.299. The van der Waals surface area contributed by atoms with Crippen LogP contribution < -0.4 is 10.1 Å². The summed E-state index contributed by atoms with van der Waals surface area (Å²) in [4.78, 5) is 17.9. The summed E-state index contributed by atoms with van der Waals surface area (Å²) in [7, 11) is 1.55. The zero-order valence-electron chi connectivity index (χ0n) is 13.8. The lowest BCUT2D eigenvalue weighted by Crippen LogP contribution is -2.14. The van der Waals surface area contributed by atoms with E-state index >= 15 is 0 Å². The minimum absolute atomic E-state index is 0.260. The number of ether oxygens (including phenoxy) is 1. The number of methoxy groups -OCH3 is 1. The highest BCUT2D eigenvalue weighted by Gasteiger charge is 2.16. The van der Waals surface area contributed by atoms with Crippen molar-refractivity contribution in [3.8, 4) is 17.0 Å². The van der Waals surface area contributed by atoms with Crippen LogP contribution in [0.3, 0.4) is 0 Å². The van der Waals surface area contributed by atoms with Gasteiger partial charge in [0, 0.05) is 17.1 Å². The molecule has 0 fully saturated rings. The van der Waals surface area contributed by atoms with E-state index in [-0.39, 0.29) is 11.7 Å². The number of carbonyl (C=O) groups excluding carboxylic acids is 1. The first-order valence-corrected chi connectivity index (χ1v) is 8.70. The quantitative estimate of drug-likeness (QED) is 0.579. The number of para-hydroxylation sites is 2. The van der Waals surface area contributed by atoms with Crippen molar-refractivity contribution in [1.82, 2.24) is 9.38 Å². The van der Waals surface area contributed by atoms with Gasteiger partial charge >= 0.3 is 0 Å². The van der Waals surface area contributed by atoms with Crippen LogP contribution in [0.15, 0.2) is 60.1 Å². The lowest BCUT2D eigenvalue weighted by molar-refractivity contribution is 0.102. The molecular formula is C19H14FN3O2S. The predicted molar refractivity (Wildman–Crippen MR) is 99.4 cm³/mol. The lowest BCUT2D eigenvalue weighted by atomic mass is 10.2. The minimum Gasteiger partial charge on any atom is -0.495 e. The monoisotopic (exact) mass is 367 g/mol. The average Bonchev–Trinajstić information content (AvgIpc) is 3.23. The summed E-state index contributed by atoms with van der Waals surface area (Å²) in [6, 6.07) is 13.3. The van der Waals surface area contributed by atoms with Gasteiger partial charge in [0.2, 0.25) is 0 Å². The number of thiazole rings is 1. The molecule has 0 unspecified atom stereocenters. The maximum absolute atomic E-state index is 13.1. The average molecular weight is 367 g/mol. The van der Waals surface area contributed by atoms with Crippen LogP contribution >= 0.6 is 11.3 Å². The van der Waals surface area contributed by atoms with E-state index in [4.69, 9.17) is 4.74 Å². The van der Waals surface area contributed by atoms with Crippen LogP contribution in [0.5, 0.6) is 5.75 Å². The molecule has 0 bridgehead atoms. The smallest absolute Gasteiger partial charge is 0.273 e. The molecule has 0 aliphatic carbocycles. The number of carbonyl (C=O) groups is 1. The fourth-order valence-corrected chi connectivity index (χ4v) is 3.49. The molecule has 0 radical (unpaired) electrons. The maximum atomic E-state index is 13.1. The summed E-state index contributed by atoms with van der Waals surface area (Å²) in [6.07, 6.45) is 1.77. The molecule has 2 heterocycles. The molecule has 130 valence electrons. The maximum Gasteiger partial charge on any atom is 0.273 e. The van der Waals surface area contributed by atoms with Gasteiger partial charge in [-0.1, -0.05) is 12.1 Å². The molecule has 1 N–H and O–H groups in total. The van der Waals surface area contributed by atoms with Crippen LogP contribution in [-0.2, 0) is 0 Å². The van der Waals surface area contributed by atoms with E-state index < -0.39 is 0 Å². The van der Waals surface area contributed by atoms with Crippen molar-refractivity contribution >= 4 is 27.9 Å². The topological polar surface area (TPSA) is 55.6 Å². The summed E-state index contributed by atoms with van der Waals surface area (Å²) >= 11 is 1.37. The Hall–Kier alpha value is -3.19. The molecule has 4 rings (SSSR count). The number of halogens is 1. The fourth-order valence-electron chi connectivity index (χ4n) is 2.64. The second-order valence-corrected chi connectivity index (χ2v) is 6.40. The lowest BCUT2D eigenvalue weighted by Gasteiger charge is -2.09. The van der Waals surface area contributed by atoms with Gasteiger partial charge in [-0.15, -0.1) is 11.3 Å². The molecule has 26 heavy (non-hydrogen) atoms. The van der Waals surface area contributed by atoms with Gasteiger partial charge in [0.15, 0.2) is 4.96 Å². The number of hydrogen-bond donors (Lipinski definition) is 1. The van der Waals surface area contributed by atoms with Gasteiger partial charge in [-0.25, -0.2) is 9.37 Å². The molecule has 0 spiro atoms. The van der Waals surface area contributed by atoms with E-state index in [1.807, 2.05) is 12.1 Å². The van der Waals surface area contributed by atoms with E-state index in [0.29, 0.717) is 27.8 Å². The van der Waals surface area contributed by atoms with E-state index in [1.54, 1.807) is 47.4 Å². The molecule has 0 aliphatic heterocycles. The molecule has 1 amide bonds. The first-order valence-electron chi connectivity index (χ1n) is 7.82. The van der Waals surface area contributed by atoms with E-state index in [9.17, 15) is 9.18 Å². The van der Waals surface area contributed by atoms with Crippen LogP contribution in [-0.4, -0.2) is 22.4 Å². The van der Waals surface area contributed by atoms with E-state index in [2.05, 4.69) is 10.3 Å². The van der Waals surface area contributed by atoms with Crippen molar-refractivity contribution < 1.29 is 13.9 Å². The van der Waals surface area contributed by atoms with Gasteiger partial charge in [0.1, 0.15) is 17.3 Å². The van der Waals surface area contributed by atoms with Gasteiger partial charge in [-0.2, -0.15) is 0 Å². The number of rotatable bonds is 4. The number of aromatic nitrogens is 2. The third-order valence-corrected chi connectivity index (χ3v) is 4.78. The highest BCUT2D eigenvalue weighted by Crippen LogP contribution is 2.26. The molecule has 0 saturated heterocycles. The van der Waals surface area contributed by atoms with Crippen molar-refractivity contribution in [2.75, 3.05) is 12.4 Å².